The van der Waals surface area contributed by atoms with Crippen molar-refractivity contribution < 1.29 is 4.79 Å². The van der Waals surface area contributed by atoms with Crippen LogP contribution in [0.2, 0.25) is 0 Å². The number of Topliss-reactive ketones (excluding diaryl/α,β-unsaturated/α-hetero) is 1. The summed E-state index contributed by atoms with van der Waals surface area (Å²) in [5.41, 5.74) is 0.721. The molecule has 0 bridgehead atoms. The molecule has 3 rings (SSSR count). The maximum atomic E-state index is 11.6. The van der Waals surface area contributed by atoms with Crippen molar-refractivity contribution in [2.75, 3.05) is 0 Å². The maximum Gasteiger partial charge on any atom is 0.157 e. The lowest BCUT2D eigenvalue weighted by Crippen LogP contribution is -2.18. The minimum absolute atomic E-state index is 0.207. The molecule has 18 heavy (non-hydrogen) atoms. The predicted octanol–water partition coefficient (Wildman–Crippen LogP) is 1.57. The van der Waals surface area contributed by atoms with E-state index >= 15 is 0 Å². The molecule has 0 radical (unpaired) electrons. The Morgan fingerprint density at radius 2 is 2.06 bits per heavy atom. The summed E-state index contributed by atoms with van der Waals surface area (Å²) >= 11 is 0. The van der Waals surface area contributed by atoms with Gasteiger partial charge in [-0.2, -0.15) is 4.68 Å². The molecule has 2 aromatic rings. The Labute approximate surface area is 105 Å². The number of para-hydroxylation sites is 1. The second-order valence-corrected chi connectivity index (χ2v) is 4.86. The van der Waals surface area contributed by atoms with Crippen LogP contribution in [-0.2, 0) is 11.2 Å². The topological polar surface area (TPSA) is 60.7 Å². The highest BCUT2D eigenvalue weighted by Gasteiger charge is 2.48. The average Bonchev–Trinajstić information content (AvgIpc) is 3.02. The molecule has 1 saturated carbocycles. The SMILES string of the molecule is CC(=O)C1(Cc2nnnn2-c2ccccc2)CC1. The van der Waals surface area contributed by atoms with Crippen molar-refractivity contribution in [3.63, 3.8) is 0 Å². The van der Waals surface area contributed by atoms with Crippen molar-refractivity contribution in [2.24, 2.45) is 5.41 Å². The van der Waals surface area contributed by atoms with E-state index in [4.69, 9.17) is 0 Å². The van der Waals surface area contributed by atoms with Gasteiger partial charge in [0.25, 0.3) is 0 Å². The quantitative estimate of drug-likeness (QED) is 0.816. The van der Waals surface area contributed by atoms with Gasteiger partial charge in [0.15, 0.2) is 5.82 Å². The van der Waals surface area contributed by atoms with Crippen molar-refractivity contribution in [1.29, 1.82) is 0 Å². The van der Waals surface area contributed by atoms with E-state index in [1.807, 2.05) is 30.3 Å². The number of carbonyl (C=O) groups excluding carboxylic acids is 1. The number of rotatable bonds is 4. The number of hydrogen-bond donors (Lipinski definition) is 0. The summed E-state index contributed by atoms with van der Waals surface area (Å²) in [6.45, 7) is 1.66. The van der Waals surface area contributed by atoms with Crippen molar-refractivity contribution in [1.82, 2.24) is 20.2 Å². The summed E-state index contributed by atoms with van der Waals surface area (Å²) in [7, 11) is 0. The number of ketones is 1. The van der Waals surface area contributed by atoms with Crippen molar-refractivity contribution >= 4 is 5.78 Å². The molecule has 0 aliphatic heterocycles. The van der Waals surface area contributed by atoms with Crippen LogP contribution in [0.15, 0.2) is 30.3 Å². The van der Waals surface area contributed by atoms with Gasteiger partial charge in [-0.1, -0.05) is 18.2 Å². The first kappa shape index (κ1) is 11.1. The first-order valence-electron chi connectivity index (χ1n) is 6.05. The van der Waals surface area contributed by atoms with Crippen LogP contribution in [0.1, 0.15) is 25.6 Å². The zero-order chi connectivity index (χ0) is 12.6. The van der Waals surface area contributed by atoms with E-state index < -0.39 is 0 Å². The molecule has 1 fully saturated rings. The van der Waals surface area contributed by atoms with Crippen molar-refractivity contribution in [3.8, 4) is 5.69 Å². The lowest BCUT2D eigenvalue weighted by atomic mass is 9.97. The average molecular weight is 242 g/mol. The zero-order valence-corrected chi connectivity index (χ0v) is 10.2. The van der Waals surface area contributed by atoms with Gasteiger partial charge in [0.1, 0.15) is 5.78 Å². The molecule has 0 atom stereocenters. The van der Waals surface area contributed by atoms with Crippen LogP contribution in [0.5, 0.6) is 0 Å². The van der Waals surface area contributed by atoms with Gasteiger partial charge in [0.05, 0.1) is 5.69 Å². The summed E-state index contributed by atoms with van der Waals surface area (Å²) in [4.78, 5) is 11.6. The maximum absolute atomic E-state index is 11.6. The van der Waals surface area contributed by atoms with Crippen LogP contribution >= 0.6 is 0 Å². The largest absolute Gasteiger partial charge is 0.299 e. The number of nitrogens with zero attached hydrogens (tertiary/aromatic N) is 4. The lowest BCUT2D eigenvalue weighted by Gasteiger charge is -2.10. The summed E-state index contributed by atoms with van der Waals surface area (Å²) in [6.07, 6.45) is 2.53. The van der Waals surface area contributed by atoms with E-state index in [9.17, 15) is 4.79 Å². The Balaban J connectivity index is 1.91. The van der Waals surface area contributed by atoms with Gasteiger partial charge in [0.2, 0.25) is 0 Å². The third kappa shape index (κ3) is 1.81. The molecule has 1 heterocycles. The van der Waals surface area contributed by atoms with E-state index in [-0.39, 0.29) is 11.2 Å². The van der Waals surface area contributed by atoms with Gasteiger partial charge in [0, 0.05) is 11.8 Å². The van der Waals surface area contributed by atoms with Crippen LogP contribution in [-0.4, -0.2) is 26.0 Å². The summed E-state index contributed by atoms with van der Waals surface area (Å²) < 4.78 is 1.71. The minimum atomic E-state index is -0.207. The normalized spacial score (nSPS) is 16.5. The summed E-state index contributed by atoms with van der Waals surface area (Å²) in [6, 6.07) is 9.74. The molecule has 0 unspecified atom stereocenters. The fourth-order valence-corrected chi connectivity index (χ4v) is 2.19. The molecule has 0 N–H and O–H groups in total. The number of aromatic nitrogens is 4. The van der Waals surface area contributed by atoms with Crippen LogP contribution in [0.3, 0.4) is 0 Å². The monoisotopic (exact) mass is 242 g/mol. The Bertz CT molecular complexity index is 572. The van der Waals surface area contributed by atoms with Gasteiger partial charge in [-0.25, -0.2) is 0 Å². The van der Waals surface area contributed by atoms with Crippen molar-refractivity contribution in [2.45, 2.75) is 26.2 Å². The Kier molecular flexibility index (Phi) is 2.47. The predicted molar refractivity (Wildman–Crippen MR) is 65.2 cm³/mol. The Morgan fingerprint density at radius 3 is 2.67 bits per heavy atom. The third-order valence-electron chi connectivity index (χ3n) is 3.63. The van der Waals surface area contributed by atoms with Crippen LogP contribution in [0.25, 0.3) is 5.69 Å². The summed E-state index contributed by atoms with van der Waals surface area (Å²) in [5, 5.41) is 11.8. The van der Waals surface area contributed by atoms with E-state index in [1.165, 1.54) is 0 Å². The fourth-order valence-electron chi connectivity index (χ4n) is 2.19. The van der Waals surface area contributed by atoms with Gasteiger partial charge in [-0.15, -0.1) is 5.10 Å². The molecular formula is C13H14N4O. The molecule has 0 spiro atoms. The first-order chi connectivity index (χ1) is 8.71. The third-order valence-corrected chi connectivity index (χ3v) is 3.63. The lowest BCUT2D eigenvalue weighted by molar-refractivity contribution is -0.122. The zero-order valence-electron chi connectivity index (χ0n) is 10.2. The number of benzene rings is 1. The first-order valence-corrected chi connectivity index (χ1v) is 6.05. The number of tetrazole rings is 1. The second-order valence-electron chi connectivity index (χ2n) is 4.86. The fraction of sp³-hybridized carbons (Fsp3) is 0.385. The molecule has 0 saturated heterocycles. The molecule has 1 aromatic carbocycles. The number of hydrogen-bond acceptors (Lipinski definition) is 4. The highest BCUT2D eigenvalue weighted by molar-refractivity contribution is 5.85. The summed E-state index contributed by atoms with van der Waals surface area (Å²) in [5.74, 6) is 0.999. The van der Waals surface area contributed by atoms with E-state index in [0.717, 1.165) is 24.4 Å². The Morgan fingerprint density at radius 1 is 1.33 bits per heavy atom. The standard InChI is InChI=1S/C13H14N4O/c1-10(18)13(7-8-13)9-12-14-15-16-17(12)11-5-3-2-4-6-11/h2-6H,7-9H2,1H3. The van der Waals surface area contributed by atoms with E-state index in [1.54, 1.807) is 11.6 Å². The van der Waals surface area contributed by atoms with Gasteiger partial charge < -0.3 is 0 Å². The van der Waals surface area contributed by atoms with E-state index in [0.29, 0.717) is 6.42 Å². The van der Waals surface area contributed by atoms with Crippen molar-refractivity contribution in [3.05, 3.63) is 36.2 Å². The van der Waals surface area contributed by atoms with Gasteiger partial charge in [-0.3, -0.25) is 4.79 Å². The highest BCUT2D eigenvalue weighted by Crippen LogP contribution is 2.48. The Hall–Kier alpha value is -2.04. The molecule has 5 nitrogen and oxygen atoms in total. The molecule has 0 amide bonds. The number of carbonyl (C=O) groups is 1. The van der Waals surface area contributed by atoms with E-state index in [2.05, 4.69) is 15.5 Å². The molecular weight excluding hydrogens is 228 g/mol. The van der Waals surface area contributed by atoms with Crippen LogP contribution in [0, 0.1) is 5.41 Å². The van der Waals surface area contributed by atoms with Crippen LogP contribution < -0.4 is 0 Å². The smallest absolute Gasteiger partial charge is 0.157 e. The highest BCUT2D eigenvalue weighted by atomic mass is 16.1. The van der Waals surface area contributed by atoms with Gasteiger partial charge >= 0.3 is 0 Å². The molecule has 1 aromatic heterocycles. The molecule has 1 aliphatic rings. The minimum Gasteiger partial charge on any atom is -0.299 e. The molecule has 5 heteroatoms. The van der Waals surface area contributed by atoms with Crippen LogP contribution in [0.4, 0.5) is 0 Å². The second kappa shape index (κ2) is 4.01. The molecule has 92 valence electrons. The molecule has 1 aliphatic carbocycles. The van der Waals surface area contributed by atoms with Gasteiger partial charge in [-0.05, 0) is 42.3 Å².